The molecule has 1 aromatic rings. The van der Waals surface area contributed by atoms with E-state index in [1.165, 1.54) is 0 Å². The molecule has 2 rings (SSSR count). The number of anilines is 1. The van der Waals surface area contributed by atoms with Crippen molar-refractivity contribution in [1.82, 2.24) is 9.97 Å². The maximum atomic E-state index is 11.9. The highest BCUT2D eigenvalue weighted by Gasteiger charge is 2.33. The van der Waals surface area contributed by atoms with Crippen LogP contribution in [0.5, 0.6) is 0 Å². The third kappa shape index (κ3) is 3.08. The molecule has 1 saturated heterocycles. The SMILES string of the molecule is CCCC1CC(C)(C)CCN1c1c[nH]c(=O)[nH]c1=O. The fraction of sp³-hybridized carbons (Fsp3) is 0.714. The highest BCUT2D eigenvalue weighted by atomic mass is 16.2. The minimum atomic E-state index is -0.446. The molecule has 1 unspecified atom stereocenters. The minimum Gasteiger partial charge on any atom is -0.363 e. The first-order chi connectivity index (χ1) is 8.93. The van der Waals surface area contributed by atoms with Crippen molar-refractivity contribution in [2.45, 2.75) is 52.5 Å². The number of rotatable bonds is 3. The van der Waals surface area contributed by atoms with E-state index in [9.17, 15) is 9.59 Å². The first kappa shape index (κ1) is 13.9. The van der Waals surface area contributed by atoms with Crippen LogP contribution in [0.25, 0.3) is 0 Å². The van der Waals surface area contributed by atoms with Crippen molar-refractivity contribution in [1.29, 1.82) is 0 Å². The molecule has 0 aromatic carbocycles. The molecule has 0 amide bonds. The summed E-state index contributed by atoms with van der Waals surface area (Å²) in [6, 6.07) is 0.376. The summed E-state index contributed by atoms with van der Waals surface area (Å²) in [6.45, 7) is 7.60. The number of aromatic amines is 2. The Morgan fingerprint density at radius 1 is 1.42 bits per heavy atom. The van der Waals surface area contributed by atoms with E-state index < -0.39 is 5.69 Å². The summed E-state index contributed by atoms with van der Waals surface area (Å²) in [5.41, 5.74) is 0.182. The molecule has 106 valence electrons. The predicted octanol–water partition coefficient (Wildman–Crippen LogP) is 1.86. The van der Waals surface area contributed by atoms with Crippen molar-refractivity contribution in [3.05, 3.63) is 27.0 Å². The van der Waals surface area contributed by atoms with Crippen molar-refractivity contribution in [3.8, 4) is 0 Å². The van der Waals surface area contributed by atoms with Crippen LogP contribution in [0, 0.1) is 5.41 Å². The monoisotopic (exact) mass is 265 g/mol. The van der Waals surface area contributed by atoms with Crippen LogP contribution in [-0.4, -0.2) is 22.6 Å². The van der Waals surface area contributed by atoms with E-state index in [-0.39, 0.29) is 5.56 Å². The Labute approximate surface area is 113 Å². The van der Waals surface area contributed by atoms with Gasteiger partial charge in [0, 0.05) is 18.8 Å². The van der Waals surface area contributed by atoms with E-state index in [4.69, 9.17) is 0 Å². The molecule has 19 heavy (non-hydrogen) atoms. The number of H-pyrrole nitrogens is 2. The Kier molecular flexibility index (Phi) is 3.83. The normalized spacial score (nSPS) is 22.5. The Balaban J connectivity index is 2.31. The Bertz CT molecular complexity index is 544. The quantitative estimate of drug-likeness (QED) is 0.876. The van der Waals surface area contributed by atoms with Gasteiger partial charge in [-0.3, -0.25) is 9.78 Å². The molecule has 1 aromatic heterocycles. The molecule has 0 spiro atoms. The number of hydrogen-bond acceptors (Lipinski definition) is 3. The predicted molar refractivity (Wildman–Crippen MR) is 76.7 cm³/mol. The van der Waals surface area contributed by atoms with E-state index in [0.717, 1.165) is 32.2 Å². The van der Waals surface area contributed by atoms with Crippen LogP contribution in [-0.2, 0) is 0 Å². The molecule has 1 atom stereocenters. The average molecular weight is 265 g/mol. The van der Waals surface area contributed by atoms with E-state index in [0.29, 0.717) is 17.1 Å². The number of piperidine rings is 1. The summed E-state index contributed by atoms with van der Waals surface area (Å²) in [7, 11) is 0. The van der Waals surface area contributed by atoms with Crippen molar-refractivity contribution in [3.63, 3.8) is 0 Å². The van der Waals surface area contributed by atoms with Crippen molar-refractivity contribution in [2.75, 3.05) is 11.4 Å². The molecule has 2 N–H and O–H groups in total. The first-order valence-electron chi connectivity index (χ1n) is 7.01. The summed E-state index contributed by atoms with van der Waals surface area (Å²) >= 11 is 0. The highest BCUT2D eigenvalue weighted by molar-refractivity contribution is 5.43. The van der Waals surface area contributed by atoms with Crippen molar-refractivity contribution < 1.29 is 0 Å². The number of hydrogen-bond donors (Lipinski definition) is 2. The zero-order chi connectivity index (χ0) is 14.0. The number of aromatic nitrogens is 2. The second-order valence-corrected chi connectivity index (χ2v) is 6.21. The second kappa shape index (κ2) is 5.23. The average Bonchev–Trinajstić information content (AvgIpc) is 2.30. The van der Waals surface area contributed by atoms with E-state index in [1.807, 2.05) is 0 Å². The minimum absolute atomic E-state index is 0.287. The summed E-state index contributed by atoms with van der Waals surface area (Å²) in [4.78, 5) is 30.1. The van der Waals surface area contributed by atoms with Gasteiger partial charge in [-0.15, -0.1) is 0 Å². The van der Waals surface area contributed by atoms with Crippen LogP contribution in [0.1, 0.15) is 46.5 Å². The molecule has 2 heterocycles. The third-order valence-electron chi connectivity index (χ3n) is 3.99. The molecule has 0 bridgehead atoms. The van der Waals surface area contributed by atoms with Gasteiger partial charge in [-0.25, -0.2) is 4.79 Å². The molecule has 5 nitrogen and oxygen atoms in total. The van der Waals surface area contributed by atoms with E-state index in [1.54, 1.807) is 6.20 Å². The van der Waals surface area contributed by atoms with Crippen molar-refractivity contribution in [2.24, 2.45) is 5.41 Å². The summed E-state index contributed by atoms with van der Waals surface area (Å²) < 4.78 is 0. The maximum Gasteiger partial charge on any atom is 0.325 e. The molecule has 5 heteroatoms. The maximum absolute atomic E-state index is 11.9. The van der Waals surface area contributed by atoms with Crippen LogP contribution in [0.15, 0.2) is 15.8 Å². The first-order valence-corrected chi connectivity index (χ1v) is 7.01. The van der Waals surface area contributed by atoms with Crippen LogP contribution >= 0.6 is 0 Å². The van der Waals surface area contributed by atoms with Gasteiger partial charge in [-0.2, -0.15) is 0 Å². The highest BCUT2D eigenvalue weighted by Crippen LogP contribution is 2.36. The lowest BCUT2D eigenvalue weighted by atomic mass is 9.77. The molecular weight excluding hydrogens is 242 g/mol. The van der Waals surface area contributed by atoms with Gasteiger partial charge in [0.1, 0.15) is 5.69 Å². The zero-order valence-electron chi connectivity index (χ0n) is 12.0. The topological polar surface area (TPSA) is 69.0 Å². The Hall–Kier alpha value is -1.52. The van der Waals surface area contributed by atoms with Crippen LogP contribution in [0.4, 0.5) is 5.69 Å². The fourth-order valence-corrected chi connectivity index (χ4v) is 2.98. The van der Waals surface area contributed by atoms with Gasteiger partial charge < -0.3 is 9.88 Å². The summed E-state index contributed by atoms with van der Waals surface area (Å²) in [6.07, 6.45) is 5.85. The lowest BCUT2D eigenvalue weighted by Crippen LogP contribution is -2.48. The standard InChI is InChI=1S/C14H23N3O2/c1-4-5-10-8-14(2,3)6-7-17(10)11-9-15-13(19)16-12(11)18/h9-10H,4-8H2,1-3H3,(H2,15,16,18,19). The number of nitrogens with one attached hydrogen (secondary N) is 2. The number of nitrogens with zero attached hydrogens (tertiary/aromatic N) is 1. The molecule has 1 fully saturated rings. The van der Waals surface area contributed by atoms with Crippen LogP contribution in [0.2, 0.25) is 0 Å². The molecule has 0 saturated carbocycles. The summed E-state index contributed by atoms with van der Waals surface area (Å²) in [5.74, 6) is 0. The Morgan fingerprint density at radius 2 is 2.16 bits per heavy atom. The van der Waals surface area contributed by atoms with E-state index >= 15 is 0 Å². The lowest BCUT2D eigenvalue weighted by Gasteiger charge is -2.44. The van der Waals surface area contributed by atoms with Gasteiger partial charge in [0.15, 0.2) is 0 Å². The van der Waals surface area contributed by atoms with Crippen LogP contribution < -0.4 is 16.1 Å². The van der Waals surface area contributed by atoms with Crippen LogP contribution in [0.3, 0.4) is 0 Å². The molecule has 1 aliphatic rings. The Morgan fingerprint density at radius 3 is 2.79 bits per heavy atom. The van der Waals surface area contributed by atoms with Crippen molar-refractivity contribution >= 4 is 5.69 Å². The van der Waals surface area contributed by atoms with Gasteiger partial charge in [0.2, 0.25) is 0 Å². The van der Waals surface area contributed by atoms with Gasteiger partial charge in [-0.1, -0.05) is 27.2 Å². The molecular formula is C14H23N3O2. The van der Waals surface area contributed by atoms with Gasteiger partial charge in [0.25, 0.3) is 5.56 Å². The zero-order valence-corrected chi connectivity index (χ0v) is 12.0. The van der Waals surface area contributed by atoms with Gasteiger partial charge >= 0.3 is 5.69 Å². The molecule has 1 aliphatic heterocycles. The fourth-order valence-electron chi connectivity index (χ4n) is 2.98. The van der Waals surface area contributed by atoms with Gasteiger partial charge in [0.05, 0.1) is 0 Å². The van der Waals surface area contributed by atoms with E-state index in [2.05, 4.69) is 35.6 Å². The molecule has 0 aliphatic carbocycles. The second-order valence-electron chi connectivity index (χ2n) is 6.21. The largest absolute Gasteiger partial charge is 0.363 e. The smallest absolute Gasteiger partial charge is 0.325 e. The third-order valence-corrected chi connectivity index (χ3v) is 3.99. The summed E-state index contributed by atoms with van der Waals surface area (Å²) in [5, 5.41) is 0. The van der Waals surface area contributed by atoms with Gasteiger partial charge in [-0.05, 0) is 24.7 Å². The molecule has 0 radical (unpaired) electrons. The lowest BCUT2D eigenvalue weighted by molar-refractivity contribution is 0.229.